The fourth-order valence-electron chi connectivity index (χ4n) is 3.78. The molecule has 2 atom stereocenters. The lowest BCUT2D eigenvalue weighted by atomic mass is 9.89. The van der Waals surface area contributed by atoms with Crippen molar-refractivity contribution in [1.29, 1.82) is 0 Å². The van der Waals surface area contributed by atoms with E-state index in [0.29, 0.717) is 29.4 Å². The van der Waals surface area contributed by atoms with Gasteiger partial charge in [0.15, 0.2) is 0 Å². The normalized spacial score (nSPS) is 24.7. The molecule has 9 heteroatoms. The van der Waals surface area contributed by atoms with E-state index in [-0.39, 0.29) is 36.3 Å². The summed E-state index contributed by atoms with van der Waals surface area (Å²) in [5, 5.41) is 6.73. The van der Waals surface area contributed by atoms with Gasteiger partial charge >= 0.3 is 0 Å². The molecular weight excluding hydrogens is 397 g/mol. The van der Waals surface area contributed by atoms with Gasteiger partial charge in [0.25, 0.3) is 0 Å². The number of sulfonamides is 1. The Bertz CT molecular complexity index is 718. The first-order chi connectivity index (χ1) is 11.9. The summed E-state index contributed by atoms with van der Waals surface area (Å²) in [6.45, 7) is 0.425. The molecule has 26 heavy (non-hydrogen) atoms. The number of carbonyl (C=O) groups is 1. The number of benzene rings is 1. The van der Waals surface area contributed by atoms with E-state index in [2.05, 4.69) is 15.4 Å². The zero-order valence-electron chi connectivity index (χ0n) is 14.4. The van der Waals surface area contributed by atoms with Gasteiger partial charge < -0.3 is 10.6 Å². The summed E-state index contributed by atoms with van der Waals surface area (Å²) in [7, 11) is -3.61. The van der Waals surface area contributed by atoms with E-state index in [1.165, 1.54) is 25.0 Å². The molecule has 2 bridgehead atoms. The standard InChI is InChI=1S/C17H24ClN3O3S.ClH/c18-13-2-1-3-16(11-13)25(23,24)20-7-6-19-17(22)10-12-8-14-4-5-15(9-12)21-14;/h1-3,11-12,14-15,20-21H,4-10H2,(H,19,22);1H. The van der Waals surface area contributed by atoms with Gasteiger partial charge in [0, 0.05) is 36.6 Å². The molecule has 2 saturated heterocycles. The Morgan fingerprint density at radius 1 is 1.19 bits per heavy atom. The maximum atomic E-state index is 12.1. The number of hydrogen-bond acceptors (Lipinski definition) is 4. The minimum absolute atomic E-state index is 0. The van der Waals surface area contributed by atoms with Crippen molar-refractivity contribution in [2.45, 2.75) is 49.1 Å². The second kappa shape index (κ2) is 9.37. The Morgan fingerprint density at radius 2 is 1.88 bits per heavy atom. The van der Waals surface area contributed by atoms with Gasteiger partial charge in [-0.15, -0.1) is 12.4 Å². The lowest BCUT2D eigenvalue weighted by molar-refractivity contribution is -0.122. The average Bonchev–Trinajstić information content (AvgIpc) is 2.90. The quantitative estimate of drug-likeness (QED) is 0.588. The minimum Gasteiger partial charge on any atom is -0.355 e. The number of piperidine rings is 1. The maximum absolute atomic E-state index is 12.1. The number of halogens is 2. The zero-order chi connectivity index (χ0) is 17.9. The number of amides is 1. The lowest BCUT2D eigenvalue weighted by Crippen LogP contribution is -2.40. The average molecular weight is 422 g/mol. The molecule has 2 unspecified atom stereocenters. The minimum atomic E-state index is -3.61. The van der Waals surface area contributed by atoms with Crippen LogP contribution in [0, 0.1) is 5.92 Å². The Morgan fingerprint density at radius 3 is 2.54 bits per heavy atom. The highest BCUT2D eigenvalue weighted by atomic mass is 35.5. The van der Waals surface area contributed by atoms with Crippen molar-refractivity contribution < 1.29 is 13.2 Å². The van der Waals surface area contributed by atoms with E-state index < -0.39 is 10.0 Å². The summed E-state index contributed by atoms with van der Waals surface area (Å²) < 4.78 is 26.7. The molecule has 2 heterocycles. The van der Waals surface area contributed by atoms with Gasteiger partial charge in [-0.05, 0) is 49.8 Å². The smallest absolute Gasteiger partial charge is 0.240 e. The Kier molecular flexibility index (Phi) is 7.73. The first-order valence-electron chi connectivity index (χ1n) is 8.70. The van der Waals surface area contributed by atoms with Crippen LogP contribution in [-0.2, 0) is 14.8 Å². The van der Waals surface area contributed by atoms with Crippen LogP contribution < -0.4 is 15.4 Å². The molecule has 6 nitrogen and oxygen atoms in total. The summed E-state index contributed by atoms with van der Waals surface area (Å²) in [4.78, 5) is 12.2. The molecule has 0 aromatic heterocycles. The largest absolute Gasteiger partial charge is 0.355 e. The van der Waals surface area contributed by atoms with Gasteiger partial charge in [-0.25, -0.2) is 13.1 Å². The van der Waals surface area contributed by atoms with E-state index in [1.54, 1.807) is 12.1 Å². The molecule has 1 aromatic rings. The molecule has 0 saturated carbocycles. The van der Waals surface area contributed by atoms with Gasteiger partial charge in [-0.2, -0.15) is 0 Å². The SMILES string of the molecule is Cl.O=C(CC1CC2CCC(C1)N2)NCCNS(=O)(=O)c1cccc(Cl)c1. The Balaban J connectivity index is 0.00000243. The highest BCUT2D eigenvalue weighted by Gasteiger charge is 2.34. The van der Waals surface area contributed by atoms with Crippen molar-refractivity contribution in [3.05, 3.63) is 29.3 Å². The van der Waals surface area contributed by atoms with Crippen molar-refractivity contribution in [3.63, 3.8) is 0 Å². The zero-order valence-corrected chi connectivity index (χ0v) is 16.8. The number of carbonyl (C=O) groups excluding carboxylic acids is 1. The van der Waals surface area contributed by atoms with Crippen LogP contribution in [0.1, 0.15) is 32.1 Å². The molecule has 2 fully saturated rings. The molecule has 3 rings (SSSR count). The van der Waals surface area contributed by atoms with Gasteiger partial charge in [0.05, 0.1) is 4.90 Å². The van der Waals surface area contributed by atoms with Crippen LogP contribution in [0.2, 0.25) is 5.02 Å². The predicted molar refractivity (Wildman–Crippen MR) is 104 cm³/mol. The maximum Gasteiger partial charge on any atom is 0.240 e. The van der Waals surface area contributed by atoms with Crippen molar-refractivity contribution >= 4 is 39.9 Å². The number of nitrogens with one attached hydrogen (secondary N) is 3. The first kappa shape index (κ1) is 21.4. The lowest BCUT2D eigenvalue weighted by Gasteiger charge is -2.28. The molecule has 2 aliphatic rings. The molecule has 3 N–H and O–H groups in total. The van der Waals surface area contributed by atoms with E-state index in [4.69, 9.17) is 11.6 Å². The van der Waals surface area contributed by atoms with E-state index in [9.17, 15) is 13.2 Å². The third-order valence-corrected chi connectivity index (χ3v) is 6.58. The third kappa shape index (κ3) is 5.82. The van der Waals surface area contributed by atoms with Crippen LogP contribution in [-0.4, -0.2) is 39.5 Å². The molecule has 1 amide bonds. The second-order valence-electron chi connectivity index (χ2n) is 6.88. The fourth-order valence-corrected chi connectivity index (χ4v) is 5.11. The van der Waals surface area contributed by atoms with Gasteiger partial charge in [-0.1, -0.05) is 17.7 Å². The molecule has 0 radical (unpaired) electrons. The van der Waals surface area contributed by atoms with E-state index >= 15 is 0 Å². The summed E-state index contributed by atoms with van der Waals surface area (Å²) in [6.07, 6.45) is 5.08. The Labute approximate surface area is 165 Å². The summed E-state index contributed by atoms with van der Waals surface area (Å²) in [5.41, 5.74) is 0. The molecule has 0 aliphatic carbocycles. The summed E-state index contributed by atoms with van der Waals surface area (Å²) in [6, 6.07) is 7.23. The fraction of sp³-hybridized carbons (Fsp3) is 0.588. The van der Waals surface area contributed by atoms with E-state index in [0.717, 1.165) is 12.8 Å². The Hall–Kier alpha value is -0.860. The van der Waals surface area contributed by atoms with Gasteiger partial charge in [0.1, 0.15) is 0 Å². The third-order valence-electron chi connectivity index (χ3n) is 4.89. The van der Waals surface area contributed by atoms with Crippen molar-refractivity contribution in [3.8, 4) is 0 Å². The summed E-state index contributed by atoms with van der Waals surface area (Å²) >= 11 is 5.82. The van der Waals surface area contributed by atoms with Crippen molar-refractivity contribution in [2.24, 2.45) is 5.92 Å². The van der Waals surface area contributed by atoms with Crippen LogP contribution in [0.5, 0.6) is 0 Å². The summed E-state index contributed by atoms with van der Waals surface area (Å²) in [5.74, 6) is 0.426. The van der Waals surface area contributed by atoms with Crippen molar-refractivity contribution in [1.82, 2.24) is 15.4 Å². The van der Waals surface area contributed by atoms with Crippen molar-refractivity contribution in [2.75, 3.05) is 13.1 Å². The number of fused-ring (bicyclic) bond motifs is 2. The first-order valence-corrected chi connectivity index (χ1v) is 10.6. The van der Waals surface area contributed by atoms with Crippen LogP contribution in [0.15, 0.2) is 29.2 Å². The van der Waals surface area contributed by atoms with Gasteiger partial charge in [0.2, 0.25) is 15.9 Å². The molecule has 2 aliphatic heterocycles. The highest BCUT2D eigenvalue weighted by molar-refractivity contribution is 7.89. The predicted octanol–water partition coefficient (Wildman–Crippen LogP) is 2.08. The second-order valence-corrected chi connectivity index (χ2v) is 9.09. The monoisotopic (exact) mass is 421 g/mol. The van der Waals surface area contributed by atoms with Crippen LogP contribution >= 0.6 is 24.0 Å². The van der Waals surface area contributed by atoms with Crippen LogP contribution in [0.25, 0.3) is 0 Å². The van der Waals surface area contributed by atoms with Crippen LogP contribution in [0.3, 0.4) is 0 Å². The highest BCUT2D eigenvalue weighted by Crippen LogP contribution is 2.32. The molecular formula is C17H25Cl2N3O3S. The topological polar surface area (TPSA) is 87.3 Å². The number of rotatable bonds is 7. The molecule has 146 valence electrons. The van der Waals surface area contributed by atoms with Gasteiger partial charge in [-0.3, -0.25) is 4.79 Å². The van der Waals surface area contributed by atoms with Crippen LogP contribution in [0.4, 0.5) is 0 Å². The number of hydrogen-bond donors (Lipinski definition) is 3. The van der Waals surface area contributed by atoms with E-state index in [1.807, 2.05) is 0 Å². The molecule has 1 aromatic carbocycles. The molecule has 0 spiro atoms.